The molecule has 1 amide bonds. The first kappa shape index (κ1) is 20.7. The molecule has 2 N–H and O–H groups in total. The van der Waals surface area contributed by atoms with E-state index in [0.717, 1.165) is 30.9 Å². The van der Waals surface area contributed by atoms with Crippen LogP contribution in [0, 0.1) is 16.0 Å². The Morgan fingerprint density at radius 3 is 3.10 bits per heavy atom. The summed E-state index contributed by atoms with van der Waals surface area (Å²) in [6.45, 7) is 1.94. The predicted molar refractivity (Wildman–Crippen MR) is 116 cm³/mol. The van der Waals surface area contributed by atoms with Crippen LogP contribution in [0.3, 0.4) is 0 Å². The van der Waals surface area contributed by atoms with E-state index in [-0.39, 0.29) is 12.1 Å². The minimum absolute atomic E-state index is 0.245. The lowest BCUT2D eigenvalue weighted by molar-refractivity contribution is -0.385. The Labute approximate surface area is 180 Å². The van der Waals surface area contributed by atoms with E-state index in [9.17, 15) is 24.8 Å². The van der Waals surface area contributed by atoms with Crippen LogP contribution in [0.4, 0.5) is 5.69 Å². The van der Waals surface area contributed by atoms with E-state index in [4.69, 9.17) is 0 Å². The number of phenolic OH excluding ortho intramolecular Hbond substituents is 1. The summed E-state index contributed by atoms with van der Waals surface area (Å²) in [6, 6.07) is 3.72. The highest BCUT2D eigenvalue weighted by atomic mass is 32.1. The quantitative estimate of drug-likeness (QED) is 0.354. The molecule has 11 heteroatoms. The zero-order chi connectivity index (χ0) is 22.1. The van der Waals surface area contributed by atoms with Crippen molar-refractivity contribution in [1.82, 2.24) is 15.0 Å². The van der Waals surface area contributed by atoms with Gasteiger partial charge in [0.05, 0.1) is 22.9 Å². The Morgan fingerprint density at radius 1 is 1.52 bits per heavy atom. The van der Waals surface area contributed by atoms with Crippen LogP contribution in [0.25, 0.3) is 10.2 Å². The number of nitro benzene ring substituents is 1. The molecule has 0 saturated carbocycles. The van der Waals surface area contributed by atoms with Gasteiger partial charge in [0.25, 0.3) is 11.5 Å². The first-order valence-electron chi connectivity index (χ1n) is 9.62. The number of hydrogen-bond donors (Lipinski definition) is 2. The summed E-state index contributed by atoms with van der Waals surface area (Å²) in [5, 5.41) is 24.7. The number of hydrazone groups is 1. The monoisotopic (exact) mass is 441 g/mol. The van der Waals surface area contributed by atoms with Crippen LogP contribution in [0.2, 0.25) is 0 Å². The standard InChI is InChI=1S/C20H19N5O5S/c1-11-2-4-13-16(6-11)31-19-18(13)20(28)24(10-21-19)9-17(27)23-22-8-12-3-5-15(26)14(7-12)25(29)30/h3,5,7-8,10-11,26H,2,4,6,9H2,1H3,(H,23,27)/b22-8-/t11-/m1/s1. The molecule has 4 rings (SSSR count). The number of rotatable bonds is 5. The van der Waals surface area contributed by atoms with Gasteiger partial charge in [-0.15, -0.1) is 11.3 Å². The minimum Gasteiger partial charge on any atom is -0.502 e. The van der Waals surface area contributed by atoms with Crippen molar-refractivity contribution < 1.29 is 14.8 Å². The van der Waals surface area contributed by atoms with Crippen molar-refractivity contribution in [3.8, 4) is 5.75 Å². The number of aryl methyl sites for hydroxylation is 1. The molecule has 160 valence electrons. The summed E-state index contributed by atoms with van der Waals surface area (Å²) in [7, 11) is 0. The molecule has 0 spiro atoms. The maximum Gasteiger partial charge on any atom is 0.311 e. The third-order valence-electron chi connectivity index (χ3n) is 5.20. The van der Waals surface area contributed by atoms with Crippen molar-refractivity contribution >= 4 is 39.4 Å². The number of fused-ring (bicyclic) bond motifs is 3. The number of benzene rings is 1. The second-order valence-electron chi connectivity index (χ2n) is 7.51. The number of hydrogen-bond acceptors (Lipinski definition) is 8. The lowest BCUT2D eigenvalue weighted by Crippen LogP contribution is -2.30. The Bertz CT molecular complexity index is 1280. The fraction of sp³-hybridized carbons (Fsp3) is 0.300. The molecule has 1 atom stereocenters. The first-order chi connectivity index (χ1) is 14.8. The maximum atomic E-state index is 12.9. The summed E-state index contributed by atoms with van der Waals surface area (Å²) in [5.74, 6) is -0.412. The molecule has 2 heterocycles. The molecule has 31 heavy (non-hydrogen) atoms. The fourth-order valence-electron chi connectivity index (χ4n) is 3.61. The molecule has 2 aromatic heterocycles. The Balaban J connectivity index is 1.48. The molecule has 0 bridgehead atoms. The highest BCUT2D eigenvalue weighted by molar-refractivity contribution is 7.18. The number of nitrogens with one attached hydrogen (secondary N) is 1. The molecule has 0 unspecified atom stereocenters. The second kappa shape index (κ2) is 8.26. The van der Waals surface area contributed by atoms with Gasteiger partial charge in [0.1, 0.15) is 11.4 Å². The molecule has 1 aliphatic rings. The Morgan fingerprint density at radius 2 is 2.32 bits per heavy atom. The van der Waals surface area contributed by atoms with E-state index >= 15 is 0 Å². The number of aromatic hydroxyl groups is 1. The fourth-order valence-corrected chi connectivity index (χ4v) is 4.96. The molecular weight excluding hydrogens is 422 g/mol. The number of carbonyl (C=O) groups is 1. The topological polar surface area (TPSA) is 140 Å². The molecule has 0 fully saturated rings. The molecule has 0 aliphatic heterocycles. The Hall–Kier alpha value is -3.60. The summed E-state index contributed by atoms with van der Waals surface area (Å²) in [4.78, 5) is 41.6. The van der Waals surface area contributed by atoms with Crippen molar-refractivity contribution in [2.75, 3.05) is 0 Å². The zero-order valence-electron chi connectivity index (χ0n) is 16.6. The number of phenols is 1. The molecule has 3 aromatic rings. The first-order valence-corrected chi connectivity index (χ1v) is 10.4. The summed E-state index contributed by atoms with van der Waals surface area (Å²) in [6.07, 6.45) is 5.39. The van der Waals surface area contributed by atoms with Crippen LogP contribution in [0.1, 0.15) is 29.3 Å². The van der Waals surface area contributed by atoms with Gasteiger partial charge in [-0.05, 0) is 42.9 Å². The number of nitrogens with zero attached hydrogens (tertiary/aromatic N) is 4. The SMILES string of the molecule is C[C@@H]1CCc2c(sc3ncn(CC(=O)N/N=C\c4ccc(O)c([N+](=O)[O-])c4)c(=O)c23)C1. The molecule has 1 aliphatic carbocycles. The van der Waals surface area contributed by atoms with Gasteiger partial charge < -0.3 is 5.11 Å². The average molecular weight is 441 g/mol. The van der Waals surface area contributed by atoms with Crippen molar-refractivity contribution in [1.29, 1.82) is 0 Å². The van der Waals surface area contributed by atoms with Crippen molar-refractivity contribution in [3.05, 3.63) is 61.0 Å². The smallest absolute Gasteiger partial charge is 0.311 e. The summed E-state index contributed by atoms with van der Waals surface area (Å²) in [5.41, 5.74) is 2.96. The van der Waals surface area contributed by atoms with Gasteiger partial charge in [0.2, 0.25) is 0 Å². The van der Waals surface area contributed by atoms with Crippen LogP contribution < -0.4 is 11.0 Å². The zero-order valence-corrected chi connectivity index (χ0v) is 17.4. The van der Waals surface area contributed by atoms with Crippen molar-refractivity contribution in [2.24, 2.45) is 11.0 Å². The van der Waals surface area contributed by atoms with Gasteiger partial charge in [-0.1, -0.05) is 6.92 Å². The van der Waals surface area contributed by atoms with Gasteiger partial charge in [0.15, 0.2) is 5.75 Å². The van der Waals surface area contributed by atoms with E-state index in [1.54, 1.807) is 11.3 Å². The van der Waals surface area contributed by atoms with Crippen LogP contribution in [-0.4, -0.2) is 31.7 Å². The van der Waals surface area contributed by atoms with Gasteiger partial charge in [-0.3, -0.25) is 24.3 Å². The van der Waals surface area contributed by atoms with Crippen molar-refractivity contribution in [2.45, 2.75) is 32.7 Å². The van der Waals surface area contributed by atoms with Crippen LogP contribution in [-0.2, 0) is 24.2 Å². The van der Waals surface area contributed by atoms with E-state index in [1.165, 1.54) is 34.1 Å². The maximum absolute atomic E-state index is 12.9. The Kier molecular flexibility index (Phi) is 5.51. The normalized spacial score (nSPS) is 15.8. The number of amides is 1. The summed E-state index contributed by atoms with van der Waals surface area (Å²) < 4.78 is 1.25. The lowest BCUT2D eigenvalue weighted by atomic mass is 9.89. The van der Waals surface area contributed by atoms with E-state index < -0.39 is 22.3 Å². The average Bonchev–Trinajstić information content (AvgIpc) is 3.09. The molecular formula is C20H19N5O5S. The van der Waals surface area contributed by atoms with Crippen LogP contribution in [0.15, 0.2) is 34.4 Å². The largest absolute Gasteiger partial charge is 0.502 e. The predicted octanol–water partition coefficient (Wildman–Crippen LogP) is 2.35. The van der Waals surface area contributed by atoms with Gasteiger partial charge in [0, 0.05) is 16.5 Å². The minimum atomic E-state index is -0.718. The van der Waals surface area contributed by atoms with Crippen LogP contribution in [0.5, 0.6) is 5.75 Å². The van der Waals surface area contributed by atoms with E-state index in [0.29, 0.717) is 21.7 Å². The number of aromatic nitrogens is 2. The van der Waals surface area contributed by atoms with Crippen molar-refractivity contribution in [3.63, 3.8) is 0 Å². The molecule has 1 aromatic carbocycles. The number of thiophene rings is 1. The van der Waals surface area contributed by atoms with Gasteiger partial charge in [-0.2, -0.15) is 5.10 Å². The van der Waals surface area contributed by atoms with E-state index in [1.807, 2.05) is 0 Å². The highest BCUT2D eigenvalue weighted by Gasteiger charge is 2.23. The van der Waals surface area contributed by atoms with Crippen LogP contribution >= 0.6 is 11.3 Å². The second-order valence-corrected chi connectivity index (χ2v) is 8.59. The highest BCUT2D eigenvalue weighted by Crippen LogP contribution is 2.35. The molecule has 0 radical (unpaired) electrons. The molecule has 0 saturated heterocycles. The summed E-state index contributed by atoms with van der Waals surface area (Å²) >= 11 is 1.55. The van der Waals surface area contributed by atoms with Gasteiger partial charge in [-0.25, -0.2) is 10.4 Å². The number of carbonyl (C=O) groups excluding carboxylic acids is 1. The molecule has 10 nitrogen and oxygen atoms in total. The number of nitro groups is 1. The lowest BCUT2D eigenvalue weighted by Gasteiger charge is -2.17. The van der Waals surface area contributed by atoms with E-state index in [2.05, 4.69) is 22.4 Å². The van der Waals surface area contributed by atoms with Gasteiger partial charge >= 0.3 is 5.69 Å². The third kappa shape index (κ3) is 4.17. The third-order valence-corrected chi connectivity index (χ3v) is 6.36.